The summed E-state index contributed by atoms with van der Waals surface area (Å²) in [6.07, 6.45) is 4.89. The van der Waals surface area contributed by atoms with E-state index < -0.39 is 0 Å². The fourth-order valence-electron chi connectivity index (χ4n) is 1.54. The first-order valence-corrected chi connectivity index (χ1v) is 6.09. The molecule has 0 saturated carbocycles. The standard InChI is InChI=1S/C13H21N3O/c1-10(2)5-3-4-7-16-13(17)12-9-11(14)6-8-15-12/h6,8-10H,3-5,7H2,1-2H3,(H2,14,15)(H,16,17). The number of anilines is 1. The van der Waals surface area contributed by atoms with Crippen molar-refractivity contribution >= 4 is 11.6 Å². The summed E-state index contributed by atoms with van der Waals surface area (Å²) >= 11 is 0. The number of nitrogen functional groups attached to an aromatic ring is 1. The summed E-state index contributed by atoms with van der Waals surface area (Å²) in [4.78, 5) is 15.6. The third kappa shape index (κ3) is 5.33. The van der Waals surface area contributed by atoms with Crippen LogP contribution in [0.5, 0.6) is 0 Å². The fraction of sp³-hybridized carbons (Fsp3) is 0.538. The van der Waals surface area contributed by atoms with Gasteiger partial charge in [-0.3, -0.25) is 9.78 Å². The van der Waals surface area contributed by atoms with Crippen molar-refractivity contribution in [1.82, 2.24) is 10.3 Å². The molecule has 94 valence electrons. The van der Waals surface area contributed by atoms with Crippen LogP contribution in [0, 0.1) is 5.92 Å². The van der Waals surface area contributed by atoms with Crippen molar-refractivity contribution in [2.45, 2.75) is 33.1 Å². The quantitative estimate of drug-likeness (QED) is 0.743. The summed E-state index contributed by atoms with van der Waals surface area (Å²) in [5, 5.41) is 2.84. The van der Waals surface area contributed by atoms with Crippen LogP contribution < -0.4 is 11.1 Å². The number of hydrogen-bond acceptors (Lipinski definition) is 3. The lowest BCUT2D eigenvalue weighted by atomic mass is 10.1. The summed E-state index contributed by atoms with van der Waals surface area (Å²) in [5.74, 6) is 0.572. The van der Waals surface area contributed by atoms with Crippen molar-refractivity contribution in [3.05, 3.63) is 24.0 Å². The lowest BCUT2D eigenvalue weighted by Crippen LogP contribution is -2.25. The molecule has 17 heavy (non-hydrogen) atoms. The summed E-state index contributed by atoms with van der Waals surface area (Å²) in [6, 6.07) is 3.25. The number of nitrogens with one attached hydrogen (secondary N) is 1. The molecule has 3 N–H and O–H groups in total. The second kappa shape index (κ2) is 6.89. The number of hydrogen-bond donors (Lipinski definition) is 2. The highest BCUT2D eigenvalue weighted by Crippen LogP contribution is 2.06. The van der Waals surface area contributed by atoms with Gasteiger partial charge in [-0.2, -0.15) is 0 Å². The summed E-state index contributed by atoms with van der Waals surface area (Å²) < 4.78 is 0. The average molecular weight is 235 g/mol. The SMILES string of the molecule is CC(C)CCCCNC(=O)c1cc(N)ccn1. The maximum absolute atomic E-state index is 11.7. The van der Waals surface area contributed by atoms with E-state index in [0.29, 0.717) is 17.9 Å². The van der Waals surface area contributed by atoms with E-state index in [4.69, 9.17) is 5.73 Å². The molecule has 0 unspecified atom stereocenters. The number of pyridine rings is 1. The van der Waals surface area contributed by atoms with Gasteiger partial charge in [0.1, 0.15) is 5.69 Å². The molecule has 4 heteroatoms. The predicted molar refractivity (Wildman–Crippen MR) is 69.7 cm³/mol. The van der Waals surface area contributed by atoms with Gasteiger partial charge in [-0.05, 0) is 24.5 Å². The third-order valence-corrected chi connectivity index (χ3v) is 2.51. The molecule has 0 radical (unpaired) electrons. The van der Waals surface area contributed by atoms with Gasteiger partial charge in [-0.25, -0.2) is 0 Å². The number of unbranched alkanes of at least 4 members (excludes halogenated alkanes) is 1. The highest BCUT2D eigenvalue weighted by Gasteiger charge is 2.06. The predicted octanol–water partition coefficient (Wildman–Crippen LogP) is 2.22. The molecule has 1 amide bonds. The van der Waals surface area contributed by atoms with E-state index in [1.54, 1.807) is 18.3 Å². The molecule has 1 heterocycles. The Hall–Kier alpha value is -1.58. The van der Waals surface area contributed by atoms with Gasteiger partial charge < -0.3 is 11.1 Å². The van der Waals surface area contributed by atoms with E-state index in [1.807, 2.05) is 0 Å². The van der Waals surface area contributed by atoms with Gasteiger partial charge in [-0.15, -0.1) is 0 Å². The van der Waals surface area contributed by atoms with Crippen molar-refractivity contribution < 1.29 is 4.79 Å². The Labute approximate surface area is 103 Å². The number of carbonyl (C=O) groups excluding carboxylic acids is 1. The summed E-state index contributed by atoms with van der Waals surface area (Å²) in [5.41, 5.74) is 6.53. The molecule has 1 aromatic rings. The van der Waals surface area contributed by atoms with Crippen LogP contribution >= 0.6 is 0 Å². The Bertz CT molecular complexity index is 363. The molecule has 0 spiro atoms. The zero-order valence-corrected chi connectivity index (χ0v) is 10.6. The zero-order valence-electron chi connectivity index (χ0n) is 10.6. The molecule has 0 aliphatic carbocycles. The van der Waals surface area contributed by atoms with Gasteiger partial charge >= 0.3 is 0 Å². The second-order valence-electron chi connectivity index (χ2n) is 4.62. The molecular weight excluding hydrogens is 214 g/mol. The van der Waals surface area contributed by atoms with Gasteiger partial charge in [0.05, 0.1) is 0 Å². The van der Waals surface area contributed by atoms with Crippen LogP contribution in [0.2, 0.25) is 0 Å². The van der Waals surface area contributed by atoms with Crippen LogP contribution in [0.3, 0.4) is 0 Å². The van der Waals surface area contributed by atoms with Gasteiger partial charge in [0.25, 0.3) is 5.91 Å². The molecule has 0 atom stereocenters. The monoisotopic (exact) mass is 235 g/mol. The lowest BCUT2D eigenvalue weighted by molar-refractivity contribution is 0.0948. The molecular formula is C13H21N3O. The minimum absolute atomic E-state index is 0.151. The van der Waals surface area contributed by atoms with E-state index in [2.05, 4.69) is 24.1 Å². The Morgan fingerprint density at radius 1 is 1.47 bits per heavy atom. The maximum atomic E-state index is 11.7. The number of carbonyl (C=O) groups is 1. The van der Waals surface area contributed by atoms with Crippen LogP contribution in [0.1, 0.15) is 43.6 Å². The largest absolute Gasteiger partial charge is 0.399 e. The van der Waals surface area contributed by atoms with Crippen LogP contribution in [0.25, 0.3) is 0 Å². The first-order chi connectivity index (χ1) is 8.09. The van der Waals surface area contributed by atoms with Crippen molar-refractivity contribution in [3.8, 4) is 0 Å². The zero-order chi connectivity index (χ0) is 12.7. The van der Waals surface area contributed by atoms with Gasteiger partial charge in [0, 0.05) is 18.4 Å². The van der Waals surface area contributed by atoms with Gasteiger partial charge in [0.2, 0.25) is 0 Å². The number of amides is 1. The maximum Gasteiger partial charge on any atom is 0.269 e. The molecule has 0 aliphatic heterocycles. The average Bonchev–Trinajstić information content (AvgIpc) is 2.28. The van der Waals surface area contributed by atoms with Crippen LogP contribution in [0.4, 0.5) is 5.69 Å². The number of rotatable bonds is 6. The van der Waals surface area contributed by atoms with Gasteiger partial charge in [-0.1, -0.05) is 26.7 Å². The second-order valence-corrected chi connectivity index (χ2v) is 4.62. The van der Waals surface area contributed by atoms with Crippen LogP contribution in [-0.4, -0.2) is 17.4 Å². The highest BCUT2D eigenvalue weighted by molar-refractivity contribution is 5.92. The molecule has 0 aromatic carbocycles. The van der Waals surface area contributed by atoms with E-state index >= 15 is 0 Å². The topological polar surface area (TPSA) is 68.0 Å². The third-order valence-electron chi connectivity index (χ3n) is 2.51. The molecule has 4 nitrogen and oxygen atoms in total. The highest BCUT2D eigenvalue weighted by atomic mass is 16.1. The van der Waals surface area contributed by atoms with Crippen molar-refractivity contribution in [3.63, 3.8) is 0 Å². The summed E-state index contributed by atoms with van der Waals surface area (Å²) in [7, 11) is 0. The van der Waals surface area contributed by atoms with Crippen molar-refractivity contribution in [1.29, 1.82) is 0 Å². The number of nitrogens with zero attached hydrogens (tertiary/aromatic N) is 1. The fourth-order valence-corrected chi connectivity index (χ4v) is 1.54. The molecule has 0 fully saturated rings. The number of nitrogens with two attached hydrogens (primary N) is 1. The first-order valence-electron chi connectivity index (χ1n) is 6.09. The number of aromatic nitrogens is 1. The molecule has 0 saturated heterocycles. The Balaban J connectivity index is 2.26. The van der Waals surface area contributed by atoms with Crippen molar-refractivity contribution in [2.24, 2.45) is 5.92 Å². The Morgan fingerprint density at radius 3 is 2.88 bits per heavy atom. The van der Waals surface area contributed by atoms with E-state index in [9.17, 15) is 4.79 Å². The van der Waals surface area contributed by atoms with Crippen LogP contribution in [-0.2, 0) is 0 Å². The van der Waals surface area contributed by atoms with E-state index in [0.717, 1.165) is 18.8 Å². The van der Waals surface area contributed by atoms with E-state index in [-0.39, 0.29) is 5.91 Å². The smallest absolute Gasteiger partial charge is 0.269 e. The minimum atomic E-state index is -0.151. The van der Waals surface area contributed by atoms with Gasteiger partial charge in [0.15, 0.2) is 0 Å². The first kappa shape index (κ1) is 13.5. The molecule has 1 aromatic heterocycles. The molecule has 1 rings (SSSR count). The Kier molecular flexibility index (Phi) is 5.46. The minimum Gasteiger partial charge on any atom is -0.399 e. The van der Waals surface area contributed by atoms with Crippen LogP contribution in [0.15, 0.2) is 18.3 Å². The van der Waals surface area contributed by atoms with E-state index in [1.165, 1.54) is 6.42 Å². The van der Waals surface area contributed by atoms with Crippen molar-refractivity contribution in [2.75, 3.05) is 12.3 Å². The summed E-state index contributed by atoms with van der Waals surface area (Å²) in [6.45, 7) is 5.10. The Morgan fingerprint density at radius 2 is 2.24 bits per heavy atom. The lowest BCUT2D eigenvalue weighted by Gasteiger charge is -2.06. The molecule has 0 aliphatic rings. The normalized spacial score (nSPS) is 10.5. The molecule has 0 bridgehead atoms.